The minimum absolute atomic E-state index is 0.106. The third kappa shape index (κ3) is 3.01. The highest BCUT2D eigenvalue weighted by molar-refractivity contribution is 6.43. The van der Waals surface area contributed by atoms with Gasteiger partial charge in [-0.05, 0) is 24.3 Å². The van der Waals surface area contributed by atoms with Crippen LogP contribution in [0.5, 0.6) is 0 Å². The summed E-state index contributed by atoms with van der Waals surface area (Å²) >= 11 is 24.2. The van der Waals surface area contributed by atoms with Crippen molar-refractivity contribution < 1.29 is 9.53 Å². The van der Waals surface area contributed by atoms with E-state index in [1.165, 1.54) is 31.4 Å². The fourth-order valence-corrected chi connectivity index (χ4v) is 2.80. The Hall–Kier alpha value is -1.000. The molecular weight excluding hydrogens is 344 g/mol. The molecule has 0 aliphatic carbocycles. The predicted octanol–water partition coefficient (Wildman–Crippen LogP) is 5.15. The van der Waals surface area contributed by atoms with Gasteiger partial charge in [0.2, 0.25) is 0 Å². The second-order valence-electron chi connectivity index (χ2n) is 3.76. The first-order chi connectivity index (χ1) is 9.43. The normalized spacial score (nSPS) is 10.4. The van der Waals surface area contributed by atoms with Gasteiger partial charge in [0.1, 0.15) is 5.69 Å². The number of pyridine rings is 1. The molecule has 3 nitrogen and oxygen atoms in total. The molecule has 0 aliphatic heterocycles. The summed E-state index contributed by atoms with van der Waals surface area (Å²) in [5.74, 6) is -0.580. The number of rotatable bonds is 2. The average molecular weight is 351 g/mol. The summed E-state index contributed by atoms with van der Waals surface area (Å²) in [6.07, 6.45) is 0. The number of ether oxygens (including phenoxy) is 1. The number of carbonyl (C=O) groups excluding carboxylic acids is 1. The van der Waals surface area contributed by atoms with Crippen molar-refractivity contribution in [1.29, 1.82) is 0 Å². The Kier molecular flexibility index (Phi) is 4.76. The summed E-state index contributed by atoms with van der Waals surface area (Å²) in [7, 11) is 1.26. The monoisotopic (exact) mass is 349 g/mol. The van der Waals surface area contributed by atoms with Gasteiger partial charge in [-0.3, -0.25) is 0 Å². The van der Waals surface area contributed by atoms with Crippen LogP contribution in [0.1, 0.15) is 10.5 Å². The second-order valence-corrected chi connectivity index (χ2v) is 5.42. The molecule has 0 aliphatic rings. The Morgan fingerprint density at radius 2 is 1.65 bits per heavy atom. The smallest absolute Gasteiger partial charge is 0.356 e. The number of halogens is 4. The van der Waals surface area contributed by atoms with Crippen molar-refractivity contribution in [2.75, 3.05) is 7.11 Å². The van der Waals surface area contributed by atoms with Crippen LogP contribution in [0.15, 0.2) is 24.3 Å². The molecule has 2 aromatic rings. The highest BCUT2D eigenvalue weighted by Gasteiger charge is 2.17. The van der Waals surface area contributed by atoms with E-state index >= 15 is 0 Å². The minimum Gasteiger partial charge on any atom is -0.464 e. The summed E-state index contributed by atoms with van der Waals surface area (Å²) in [4.78, 5) is 15.7. The molecule has 0 atom stereocenters. The van der Waals surface area contributed by atoms with Gasteiger partial charge >= 0.3 is 5.97 Å². The van der Waals surface area contributed by atoms with E-state index in [0.29, 0.717) is 31.3 Å². The third-order valence-corrected chi connectivity index (χ3v) is 3.60. The van der Waals surface area contributed by atoms with Crippen LogP contribution in [-0.4, -0.2) is 18.1 Å². The van der Waals surface area contributed by atoms with Crippen LogP contribution in [-0.2, 0) is 4.74 Å². The van der Waals surface area contributed by atoms with Crippen molar-refractivity contribution in [3.05, 3.63) is 50.0 Å². The first kappa shape index (κ1) is 15.4. The molecule has 1 aromatic heterocycles. The maximum atomic E-state index is 11.5. The van der Waals surface area contributed by atoms with E-state index in [9.17, 15) is 4.79 Å². The quantitative estimate of drug-likeness (QED) is 0.703. The number of esters is 1. The molecule has 104 valence electrons. The number of hydrogen-bond acceptors (Lipinski definition) is 3. The molecule has 20 heavy (non-hydrogen) atoms. The predicted molar refractivity (Wildman–Crippen MR) is 81.1 cm³/mol. The van der Waals surface area contributed by atoms with E-state index in [-0.39, 0.29) is 5.69 Å². The maximum Gasteiger partial charge on any atom is 0.356 e. The first-order valence-corrected chi connectivity index (χ1v) is 6.85. The van der Waals surface area contributed by atoms with E-state index < -0.39 is 5.97 Å². The Morgan fingerprint density at radius 1 is 1.05 bits per heavy atom. The first-order valence-electron chi connectivity index (χ1n) is 5.34. The molecule has 0 saturated heterocycles. The Morgan fingerprint density at radius 3 is 2.20 bits per heavy atom. The third-order valence-electron chi connectivity index (χ3n) is 2.48. The number of aromatic nitrogens is 1. The summed E-state index contributed by atoms with van der Waals surface area (Å²) in [6.45, 7) is 0. The van der Waals surface area contributed by atoms with Crippen molar-refractivity contribution in [3.8, 4) is 11.3 Å². The zero-order valence-electron chi connectivity index (χ0n) is 10.1. The lowest BCUT2D eigenvalue weighted by Crippen LogP contribution is -2.05. The Labute approximate surface area is 135 Å². The van der Waals surface area contributed by atoms with E-state index in [2.05, 4.69) is 9.72 Å². The summed E-state index contributed by atoms with van der Waals surface area (Å²) in [5, 5.41) is 1.28. The van der Waals surface area contributed by atoms with Gasteiger partial charge in [0, 0.05) is 10.6 Å². The summed E-state index contributed by atoms with van der Waals surface area (Å²) < 4.78 is 4.61. The van der Waals surface area contributed by atoms with Crippen LogP contribution < -0.4 is 0 Å². The van der Waals surface area contributed by atoms with Crippen molar-refractivity contribution in [2.24, 2.45) is 0 Å². The molecule has 0 N–H and O–H groups in total. The lowest BCUT2D eigenvalue weighted by atomic mass is 10.1. The zero-order valence-corrected chi connectivity index (χ0v) is 13.1. The largest absolute Gasteiger partial charge is 0.464 e. The van der Waals surface area contributed by atoms with E-state index in [1.807, 2.05) is 0 Å². The van der Waals surface area contributed by atoms with Crippen LogP contribution in [0.4, 0.5) is 0 Å². The summed E-state index contributed by atoms with van der Waals surface area (Å²) in [5.41, 5.74) is 0.809. The van der Waals surface area contributed by atoms with Crippen LogP contribution in [0.2, 0.25) is 20.1 Å². The van der Waals surface area contributed by atoms with Gasteiger partial charge in [0.05, 0.1) is 27.9 Å². The molecule has 2 rings (SSSR count). The van der Waals surface area contributed by atoms with Crippen LogP contribution >= 0.6 is 46.4 Å². The molecule has 0 spiro atoms. The van der Waals surface area contributed by atoms with Crippen molar-refractivity contribution >= 4 is 52.4 Å². The fourth-order valence-electron chi connectivity index (χ4n) is 1.60. The molecule has 0 radical (unpaired) electrons. The highest BCUT2D eigenvalue weighted by Crippen LogP contribution is 2.39. The standard InChI is InChI=1S/C13H7Cl4NO2/c1-20-13(19)10-3-2-7(15)12(18-10)11-8(16)4-6(14)5-9(11)17/h2-5H,1H3. The van der Waals surface area contributed by atoms with E-state index in [0.717, 1.165) is 0 Å². The van der Waals surface area contributed by atoms with Gasteiger partial charge in [-0.15, -0.1) is 0 Å². The van der Waals surface area contributed by atoms with Gasteiger partial charge in [-0.2, -0.15) is 0 Å². The van der Waals surface area contributed by atoms with E-state index in [1.54, 1.807) is 0 Å². The minimum atomic E-state index is -0.580. The topological polar surface area (TPSA) is 39.2 Å². The number of hydrogen-bond donors (Lipinski definition) is 0. The van der Waals surface area contributed by atoms with Crippen LogP contribution in [0, 0.1) is 0 Å². The van der Waals surface area contributed by atoms with Crippen molar-refractivity contribution in [1.82, 2.24) is 4.98 Å². The number of benzene rings is 1. The highest BCUT2D eigenvalue weighted by atomic mass is 35.5. The second kappa shape index (κ2) is 6.19. The maximum absolute atomic E-state index is 11.5. The molecule has 0 saturated carbocycles. The van der Waals surface area contributed by atoms with E-state index in [4.69, 9.17) is 46.4 Å². The van der Waals surface area contributed by atoms with Crippen LogP contribution in [0.25, 0.3) is 11.3 Å². The van der Waals surface area contributed by atoms with Gasteiger partial charge in [-0.25, -0.2) is 9.78 Å². The van der Waals surface area contributed by atoms with Gasteiger partial charge in [-0.1, -0.05) is 46.4 Å². The van der Waals surface area contributed by atoms with Crippen LogP contribution in [0.3, 0.4) is 0 Å². The van der Waals surface area contributed by atoms with Gasteiger partial charge in [0.15, 0.2) is 0 Å². The van der Waals surface area contributed by atoms with Gasteiger partial charge in [0.25, 0.3) is 0 Å². The molecule has 1 heterocycles. The molecule has 1 aromatic carbocycles. The molecule has 0 fully saturated rings. The molecule has 0 bridgehead atoms. The fraction of sp³-hybridized carbons (Fsp3) is 0.0769. The molecule has 0 unspecified atom stereocenters. The molecule has 0 amide bonds. The Balaban J connectivity index is 2.66. The number of methoxy groups -OCH3 is 1. The van der Waals surface area contributed by atoms with Crippen molar-refractivity contribution in [3.63, 3.8) is 0 Å². The molecule has 7 heteroatoms. The van der Waals surface area contributed by atoms with Crippen molar-refractivity contribution in [2.45, 2.75) is 0 Å². The average Bonchev–Trinajstić information content (AvgIpc) is 2.38. The lowest BCUT2D eigenvalue weighted by molar-refractivity contribution is 0.0594. The summed E-state index contributed by atoms with van der Waals surface area (Å²) in [6, 6.07) is 6.02. The Bertz CT molecular complexity index is 665. The zero-order chi connectivity index (χ0) is 14.9. The number of carbonyl (C=O) groups is 1. The molecular formula is C13H7Cl4NO2. The number of nitrogens with zero attached hydrogens (tertiary/aromatic N) is 1. The van der Waals surface area contributed by atoms with Gasteiger partial charge < -0.3 is 4.74 Å². The lowest BCUT2D eigenvalue weighted by Gasteiger charge is -2.10. The SMILES string of the molecule is COC(=O)c1ccc(Cl)c(-c2c(Cl)cc(Cl)cc2Cl)n1.